The molecule has 7 heteroatoms. The third-order valence-electron chi connectivity index (χ3n) is 3.47. The molecule has 0 bridgehead atoms. The number of hydrogen-bond acceptors (Lipinski definition) is 5. The van der Waals surface area contributed by atoms with Crippen molar-refractivity contribution in [3.63, 3.8) is 0 Å². The van der Waals surface area contributed by atoms with Gasteiger partial charge in [-0.3, -0.25) is 0 Å². The first-order chi connectivity index (χ1) is 8.95. The van der Waals surface area contributed by atoms with Gasteiger partial charge in [0.1, 0.15) is 4.21 Å². The number of ether oxygens (including phenoxy) is 1. The standard InChI is InChI=1S/C12H19NO4S2/c1-12(2-4-17-5-3-12)9-13-19(15,16)11-6-10(7-14)8-18-11/h6,8,13-14H,2-5,7,9H2,1H3. The van der Waals surface area contributed by atoms with Crippen LogP contribution in [0.4, 0.5) is 0 Å². The molecule has 2 rings (SSSR count). The Hall–Kier alpha value is -0.470. The van der Waals surface area contributed by atoms with Gasteiger partial charge in [-0.2, -0.15) is 0 Å². The lowest BCUT2D eigenvalue weighted by Crippen LogP contribution is -2.39. The maximum absolute atomic E-state index is 12.1. The highest BCUT2D eigenvalue weighted by Crippen LogP contribution is 2.29. The average molecular weight is 305 g/mol. The van der Waals surface area contributed by atoms with Crippen molar-refractivity contribution >= 4 is 21.4 Å². The van der Waals surface area contributed by atoms with Crippen LogP contribution in [-0.2, 0) is 21.4 Å². The molecule has 1 aliphatic rings. The Bertz CT molecular complexity index is 518. The summed E-state index contributed by atoms with van der Waals surface area (Å²) >= 11 is 1.13. The van der Waals surface area contributed by atoms with Gasteiger partial charge in [0.25, 0.3) is 0 Å². The van der Waals surface area contributed by atoms with E-state index in [-0.39, 0.29) is 16.2 Å². The van der Waals surface area contributed by atoms with Crippen LogP contribution in [0.25, 0.3) is 0 Å². The highest BCUT2D eigenvalue weighted by molar-refractivity contribution is 7.91. The molecular weight excluding hydrogens is 286 g/mol. The molecule has 1 fully saturated rings. The van der Waals surface area contributed by atoms with E-state index in [1.54, 1.807) is 5.38 Å². The van der Waals surface area contributed by atoms with Crippen molar-refractivity contribution in [3.05, 3.63) is 17.0 Å². The summed E-state index contributed by atoms with van der Waals surface area (Å²) in [4.78, 5) is 0. The van der Waals surface area contributed by atoms with Gasteiger partial charge in [-0.15, -0.1) is 11.3 Å². The van der Waals surface area contributed by atoms with E-state index in [1.807, 2.05) is 0 Å². The van der Waals surface area contributed by atoms with Gasteiger partial charge in [0.2, 0.25) is 10.0 Å². The predicted molar refractivity (Wildman–Crippen MR) is 73.6 cm³/mol. The zero-order valence-corrected chi connectivity index (χ0v) is 12.5. The summed E-state index contributed by atoms with van der Waals surface area (Å²) in [5.74, 6) is 0. The third kappa shape index (κ3) is 3.76. The van der Waals surface area contributed by atoms with Crippen molar-refractivity contribution in [2.45, 2.75) is 30.6 Å². The molecule has 1 aromatic heterocycles. The van der Waals surface area contributed by atoms with E-state index in [2.05, 4.69) is 11.6 Å². The molecule has 0 spiro atoms. The van der Waals surface area contributed by atoms with Crippen LogP contribution in [0.5, 0.6) is 0 Å². The van der Waals surface area contributed by atoms with Crippen molar-refractivity contribution in [1.82, 2.24) is 4.72 Å². The third-order valence-corrected chi connectivity index (χ3v) is 6.36. The Kier molecular flexibility index (Phi) is 4.62. The van der Waals surface area contributed by atoms with Gasteiger partial charge in [-0.1, -0.05) is 6.92 Å². The molecule has 1 aromatic rings. The van der Waals surface area contributed by atoms with Crippen molar-refractivity contribution in [2.75, 3.05) is 19.8 Å². The smallest absolute Gasteiger partial charge is 0.250 e. The van der Waals surface area contributed by atoms with Gasteiger partial charge in [0.05, 0.1) is 6.61 Å². The van der Waals surface area contributed by atoms with Crippen LogP contribution in [0.2, 0.25) is 0 Å². The first kappa shape index (κ1) is 14.9. The zero-order valence-electron chi connectivity index (χ0n) is 10.9. The number of sulfonamides is 1. The molecular formula is C12H19NO4S2. The molecule has 108 valence electrons. The van der Waals surface area contributed by atoms with E-state index in [4.69, 9.17) is 9.84 Å². The minimum atomic E-state index is -3.47. The molecule has 19 heavy (non-hydrogen) atoms. The van der Waals surface area contributed by atoms with Gasteiger partial charge < -0.3 is 9.84 Å². The quantitative estimate of drug-likeness (QED) is 0.860. The summed E-state index contributed by atoms with van der Waals surface area (Å²) in [7, 11) is -3.47. The van der Waals surface area contributed by atoms with E-state index < -0.39 is 10.0 Å². The number of nitrogens with one attached hydrogen (secondary N) is 1. The molecule has 1 saturated heterocycles. The van der Waals surface area contributed by atoms with E-state index in [9.17, 15) is 8.42 Å². The number of aliphatic hydroxyl groups excluding tert-OH is 1. The van der Waals surface area contributed by atoms with E-state index in [0.717, 1.165) is 24.2 Å². The lowest BCUT2D eigenvalue weighted by Gasteiger charge is -2.33. The maximum Gasteiger partial charge on any atom is 0.250 e. The highest BCUT2D eigenvalue weighted by Gasteiger charge is 2.29. The lowest BCUT2D eigenvalue weighted by molar-refractivity contribution is 0.0265. The molecule has 0 amide bonds. The van der Waals surface area contributed by atoms with Gasteiger partial charge in [-0.25, -0.2) is 13.1 Å². The van der Waals surface area contributed by atoms with Crippen LogP contribution in [0.1, 0.15) is 25.3 Å². The second-order valence-electron chi connectivity index (χ2n) is 5.18. The monoisotopic (exact) mass is 305 g/mol. The van der Waals surface area contributed by atoms with Crippen molar-refractivity contribution < 1.29 is 18.3 Å². The summed E-state index contributed by atoms with van der Waals surface area (Å²) in [6.07, 6.45) is 1.73. The molecule has 0 aliphatic carbocycles. The fraction of sp³-hybridized carbons (Fsp3) is 0.667. The van der Waals surface area contributed by atoms with Crippen molar-refractivity contribution in [2.24, 2.45) is 5.41 Å². The first-order valence-electron chi connectivity index (χ1n) is 6.21. The van der Waals surface area contributed by atoms with E-state index in [1.165, 1.54) is 6.07 Å². The molecule has 2 N–H and O–H groups in total. The summed E-state index contributed by atoms with van der Waals surface area (Å²) in [5, 5.41) is 10.6. The highest BCUT2D eigenvalue weighted by atomic mass is 32.2. The van der Waals surface area contributed by atoms with Crippen LogP contribution in [-0.4, -0.2) is 33.3 Å². The zero-order chi connectivity index (χ0) is 13.9. The topological polar surface area (TPSA) is 75.6 Å². The summed E-state index contributed by atoms with van der Waals surface area (Å²) in [6.45, 7) is 3.73. The fourth-order valence-electron chi connectivity index (χ4n) is 1.96. The molecule has 0 aromatic carbocycles. The second kappa shape index (κ2) is 5.88. The van der Waals surface area contributed by atoms with Crippen molar-refractivity contribution in [1.29, 1.82) is 0 Å². The molecule has 5 nitrogen and oxygen atoms in total. The molecule has 0 atom stereocenters. The summed E-state index contributed by atoms with van der Waals surface area (Å²) in [6, 6.07) is 1.51. The summed E-state index contributed by atoms with van der Waals surface area (Å²) in [5.41, 5.74) is 0.588. The Balaban J connectivity index is 2.01. The molecule has 0 saturated carbocycles. The normalized spacial score (nSPS) is 19.5. The number of rotatable bonds is 5. The Labute approximate surface area is 117 Å². The SMILES string of the molecule is CC1(CNS(=O)(=O)c2cc(CO)cs2)CCOCC1. The van der Waals surface area contributed by atoms with E-state index >= 15 is 0 Å². The molecule has 2 heterocycles. The van der Waals surface area contributed by atoms with Crippen LogP contribution >= 0.6 is 11.3 Å². The van der Waals surface area contributed by atoms with Gasteiger partial charge in [-0.05, 0) is 35.3 Å². The van der Waals surface area contributed by atoms with Crippen LogP contribution in [0, 0.1) is 5.41 Å². The largest absolute Gasteiger partial charge is 0.392 e. The molecule has 1 aliphatic heterocycles. The predicted octanol–water partition coefficient (Wildman–Crippen LogP) is 1.34. The first-order valence-corrected chi connectivity index (χ1v) is 8.57. The summed E-state index contributed by atoms with van der Waals surface area (Å²) < 4.78 is 32.5. The van der Waals surface area contributed by atoms with Crippen LogP contribution in [0.15, 0.2) is 15.7 Å². The Morgan fingerprint density at radius 2 is 2.16 bits per heavy atom. The van der Waals surface area contributed by atoms with Gasteiger partial charge in [0.15, 0.2) is 0 Å². The van der Waals surface area contributed by atoms with Gasteiger partial charge >= 0.3 is 0 Å². The average Bonchev–Trinajstić information content (AvgIpc) is 2.87. The molecule has 0 radical (unpaired) electrons. The minimum Gasteiger partial charge on any atom is -0.392 e. The fourth-order valence-corrected chi connectivity index (χ4v) is 4.40. The Morgan fingerprint density at radius 1 is 1.47 bits per heavy atom. The van der Waals surface area contributed by atoms with Gasteiger partial charge in [0, 0.05) is 19.8 Å². The van der Waals surface area contributed by atoms with Crippen LogP contribution < -0.4 is 4.72 Å². The number of thiophene rings is 1. The number of aliphatic hydroxyl groups is 1. The second-order valence-corrected chi connectivity index (χ2v) is 8.08. The Morgan fingerprint density at radius 3 is 2.74 bits per heavy atom. The van der Waals surface area contributed by atoms with Crippen LogP contribution in [0.3, 0.4) is 0 Å². The van der Waals surface area contributed by atoms with Crippen molar-refractivity contribution in [3.8, 4) is 0 Å². The number of hydrogen-bond donors (Lipinski definition) is 2. The minimum absolute atomic E-state index is 0.0393. The lowest BCUT2D eigenvalue weighted by atomic mass is 9.83. The van der Waals surface area contributed by atoms with E-state index in [0.29, 0.717) is 25.3 Å². The maximum atomic E-state index is 12.1. The molecule has 0 unspecified atom stereocenters.